The SMILES string of the molecule is CCN1CCC[C@H]1[C@@H]1CCCN1C(=O)c1c(C)c(C)n[nH]c1=O. The van der Waals surface area contributed by atoms with Gasteiger partial charge in [0.2, 0.25) is 0 Å². The van der Waals surface area contributed by atoms with Crippen LogP contribution >= 0.6 is 0 Å². The minimum absolute atomic E-state index is 0.125. The molecule has 1 aromatic rings. The molecule has 3 rings (SSSR count). The lowest BCUT2D eigenvalue weighted by Gasteiger charge is -2.34. The zero-order valence-corrected chi connectivity index (χ0v) is 14.3. The summed E-state index contributed by atoms with van der Waals surface area (Å²) < 4.78 is 0. The number of rotatable bonds is 3. The smallest absolute Gasteiger partial charge is 0.277 e. The van der Waals surface area contributed by atoms with Gasteiger partial charge in [-0.25, -0.2) is 5.10 Å². The number of carbonyl (C=O) groups is 1. The van der Waals surface area contributed by atoms with Gasteiger partial charge in [-0.15, -0.1) is 0 Å². The molecule has 1 aromatic heterocycles. The number of likely N-dealkylation sites (N-methyl/N-ethyl adjacent to an activating group) is 1. The average Bonchev–Trinajstić information content (AvgIpc) is 3.18. The van der Waals surface area contributed by atoms with E-state index >= 15 is 0 Å². The highest BCUT2D eigenvalue weighted by atomic mass is 16.2. The van der Waals surface area contributed by atoms with Crippen LogP contribution < -0.4 is 5.56 Å². The summed E-state index contributed by atoms with van der Waals surface area (Å²) in [6.45, 7) is 8.70. The summed E-state index contributed by atoms with van der Waals surface area (Å²) in [6.07, 6.45) is 4.40. The molecular formula is C17H26N4O2. The number of hydrogen-bond acceptors (Lipinski definition) is 4. The zero-order valence-electron chi connectivity index (χ0n) is 14.3. The molecule has 1 amide bonds. The van der Waals surface area contributed by atoms with Gasteiger partial charge >= 0.3 is 0 Å². The largest absolute Gasteiger partial charge is 0.334 e. The Morgan fingerprint density at radius 2 is 1.91 bits per heavy atom. The number of H-pyrrole nitrogens is 1. The van der Waals surface area contributed by atoms with Crippen molar-refractivity contribution in [3.05, 3.63) is 27.2 Å². The standard InChI is InChI=1S/C17H26N4O2/c1-4-20-9-5-7-13(20)14-8-6-10-21(14)17(23)15-11(2)12(3)18-19-16(15)22/h13-14H,4-10H2,1-3H3,(H,19,22)/t13-,14-/m0/s1. The molecule has 0 spiro atoms. The molecule has 2 aliphatic rings. The van der Waals surface area contributed by atoms with E-state index in [-0.39, 0.29) is 23.1 Å². The van der Waals surface area contributed by atoms with Crippen molar-refractivity contribution in [2.24, 2.45) is 0 Å². The van der Waals surface area contributed by atoms with Gasteiger partial charge in [0.25, 0.3) is 11.5 Å². The molecule has 2 fully saturated rings. The summed E-state index contributed by atoms with van der Waals surface area (Å²) in [5.74, 6) is -0.125. The Labute approximate surface area is 136 Å². The van der Waals surface area contributed by atoms with Gasteiger partial charge in [0, 0.05) is 18.6 Å². The number of likely N-dealkylation sites (tertiary alicyclic amines) is 2. The van der Waals surface area contributed by atoms with Crippen molar-refractivity contribution in [1.82, 2.24) is 20.0 Å². The van der Waals surface area contributed by atoms with Crippen LogP contribution in [0.25, 0.3) is 0 Å². The molecule has 0 bridgehead atoms. The normalized spacial score (nSPS) is 25.3. The van der Waals surface area contributed by atoms with Gasteiger partial charge in [-0.2, -0.15) is 5.10 Å². The van der Waals surface area contributed by atoms with Crippen LogP contribution in [-0.4, -0.2) is 57.6 Å². The highest BCUT2D eigenvalue weighted by Gasteiger charge is 2.40. The first-order valence-electron chi connectivity index (χ1n) is 8.65. The number of amides is 1. The molecule has 23 heavy (non-hydrogen) atoms. The van der Waals surface area contributed by atoms with Crippen LogP contribution in [0.15, 0.2) is 4.79 Å². The van der Waals surface area contributed by atoms with E-state index in [2.05, 4.69) is 22.0 Å². The van der Waals surface area contributed by atoms with Crippen molar-refractivity contribution in [3.63, 3.8) is 0 Å². The van der Waals surface area contributed by atoms with Crippen LogP contribution in [0.1, 0.15) is 54.2 Å². The van der Waals surface area contributed by atoms with Crippen molar-refractivity contribution in [2.45, 2.75) is 58.5 Å². The molecule has 2 aliphatic heterocycles. The van der Waals surface area contributed by atoms with Crippen molar-refractivity contribution in [3.8, 4) is 0 Å². The number of aryl methyl sites for hydroxylation is 1. The molecular weight excluding hydrogens is 292 g/mol. The Morgan fingerprint density at radius 1 is 1.22 bits per heavy atom. The summed E-state index contributed by atoms with van der Waals surface area (Å²) in [4.78, 5) is 29.6. The first-order valence-corrected chi connectivity index (χ1v) is 8.65. The van der Waals surface area contributed by atoms with Gasteiger partial charge in [-0.05, 0) is 58.2 Å². The lowest BCUT2D eigenvalue weighted by Crippen LogP contribution is -2.49. The molecule has 0 aliphatic carbocycles. The summed E-state index contributed by atoms with van der Waals surface area (Å²) in [5.41, 5.74) is 1.30. The third-order valence-electron chi connectivity index (χ3n) is 5.51. The second-order valence-electron chi connectivity index (χ2n) is 6.68. The number of nitrogens with zero attached hydrogens (tertiary/aromatic N) is 3. The van der Waals surface area contributed by atoms with Crippen LogP contribution in [0.3, 0.4) is 0 Å². The highest BCUT2D eigenvalue weighted by molar-refractivity contribution is 5.95. The van der Waals surface area contributed by atoms with E-state index in [9.17, 15) is 9.59 Å². The van der Waals surface area contributed by atoms with Crippen molar-refractivity contribution in [1.29, 1.82) is 0 Å². The topological polar surface area (TPSA) is 69.3 Å². The first kappa shape index (κ1) is 16.2. The van der Waals surface area contributed by atoms with E-state index in [1.807, 2.05) is 18.7 Å². The van der Waals surface area contributed by atoms with Crippen molar-refractivity contribution < 1.29 is 4.79 Å². The number of nitrogens with one attached hydrogen (secondary N) is 1. The van der Waals surface area contributed by atoms with E-state index in [1.54, 1.807) is 0 Å². The Bertz CT molecular complexity index is 654. The van der Waals surface area contributed by atoms with Crippen LogP contribution in [-0.2, 0) is 0 Å². The van der Waals surface area contributed by atoms with Gasteiger partial charge in [-0.1, -0.05) is 6.92 Å². The monoisotopic (exact) mass is 318 g/mol. The summed E-state index contributed by atoms with van der Waals surface area (Å²) in [7, 11) is 0. The van der Waals surface area contributed by atoms with Gasteiger partial charge in [-0.3, -0.25) is 14.5 Å². The fourth-order valence-corrected chi connectivity index (χ4v) is 4.15. The Balaban J connectivity index is 1.90. The van der Waals surface area contributed by atoms with E-state index in [0.717, 1.165) is 38.9 Å². The number of carbonyl (C=O) groups excluding carboxylic acids is 1. The zero-order chi connectivity index (χ0) is 16.6. The molecule has 0 radical (unpaired) electrons. The van der Waals surface area contributed by atoms with Gasteiger partial charge in [0.1, 0.15) is 5.56 Å². The van der Waals surface area contributed by atoms with E-state index < -0.39 is 0 Å². The Kier molecular flexibility index (Phi) is 4.53. The fourth-order valence-electron chi connectivity index (χ4n) is 4.15. The number of aromatic nitrogens is 2. The first-order chi connectivity index (χ1) is 11.0. The predicted molar refractivity (Wildman–Crippen MR) is 88.7 cm³/mol. The highest BCUT2D eigenvalue weighted by Crippen LogP contribution is 2.30. The fraction of sp³-hybridized carbons (Fsp3) is 0.706. The van der Waals surface area contributed by atoms with E-state index in [1.165, 1.54) is 6.42 Å². The Hall–Kier alpha value is -1.69. The Morgan fingerprint density at radius 3 is 2.65 bits per heavy atom. The maximum absolute atomic E-state index is 13.1. The van der Waals surface area contributed by atoms with Crippen molar-refractivity contribution >= 4 is 5.91 Å². The minimum atomic E-state index is -0.373. The molecule has 0 aromatic carbocycles. The maximum atomic E-state index is 13.1. The molecule has 2 saturated heterocycles. The predicted octanol–water partition coefficient (Wildman–Crippen LogP) is 1.48. The molecule has 2 atom stereocenters. The summed E-state index contributed by atoms with van der Waals surface area (Å²) in [6, 6.07) is 0.672. The van der Waals surface area contributed by atoms with Crippen LogP contribution in [0.4, 0.5) is 0 Å². The molecule has 6 nitrogen and oxygen atoms in total. The minimum Gasteiger partial charge on any atom is -0.334 e. The van der Waals surface area contributed by atoms with E-state index in [4.69, 9.17) is 0 Å². The lowest BCUT2D eigenvalue weighted by molar-refractivity contribution is 0.0647. The third kappa shape index (κ3) is 2.80. The molecule has 126 valence electrons. The summed E-state index contributed by atoms with van der Waals surface area (Å²) in [5, 5.41) is 6.41. The molecule has 1 N–H and O–H groups in total. The second-order valence-corrected chi connectivity index (χ2v) is 6.68. The van der Waals surface area contributed by atoms with Crippen LogP contribution in [0.5, 0.6) is 0 Å². The second kappa shape index (κ2) is 6.43. The maximum Gasteiger partial charge on any atom is 0.277 e. The van der Waals surface area contributed by atoms with Crippen LogP contribution in [0.2, 0.25) is 0 Å². The molecule has 0 unspecified atom stereocenters. The van der Waals surface area contributed by atoms with Crippen molar-refractivity contribution in [2.75, 3.05) is 19.6 Å². The average molecular weight is 318 g/mol. The van der Waals surface area contributed by atoms with Gasteiger partial charge in [0.15, 0.2) is 0 Å². The molecule has 0 saturated carbocycles. The molecule has 3 heterocycles. The number of hydrogen-bond donors (Lipinski definition) is 1. The summed E-state index contributed by atoms with van der Waals surface area (Å²) >= 11 is 0. The van der Waals surface area contributed by atoms with E-state index in [0.29, 0.717) is 17.3 Å². The lowest BCUT2D eigenvalue weighted by atomic mass is 10.0. The van der Waals surface area contributed by atoms with Crippen LogP contribution in [0, 0.1) is 13.8 Å². The number of aromatic amines is 1. The third-order valence-corrected chi connectivity index (χ3v) is 5.51. The quantitative estimate of drug-likeness (QED) is 0.916. The molecule has 6 heteroatoms. The van der Waals surface area contributed by atoms with Gasteiger partial charge in [0.05, 0.1) is 5.69 Å². The van der Waals surface area contributed by atoms with Gasteiger partial charge < -0.3 is 4.90 Å².